The minimum atomic E-state index is 0.106. The van der Waals surface area contributed by atoms with Crippen LogP contribution in [-0.2, 0) is 21.5 Å². The van der Waals surface area contributed by atoms with Crippen LogP contribution in [0.4, 0.5) is 0 Å². The maximum atomic E-state index is 12.0. The lowest BCUT2D eigenvalue weighted by molar-refractivity contribution is -0.135. The minimum Gasteiger partial charge on any atom is -0.378 e. The molecular formula is C15H25N3O2S. The van der Waals surface area contributed by atoms with Gasteiger partial charge in [-0.25, -0.2) is 4.98 Å². The Morgan fingerprint density at radius 3 is 2.76 bits per heavy atom. The van der Waals surface area contributed by atoms with Crippen LogP contribution in [0.25, 0.3) is 0 Å². The zero-order chi connectivity index (χ0) is 15.3. The first-order chi connectivity index (χ1) is 9.97. The lowest BCUT2D eigenvalue weighted by Gasteiger charge is -2.26. The second-order valence-corrected chi connectivity index (χ2v) is 7.42. The molecule has 1 aromatic heterocycles. The Morgan fingerprint density at radius 2 is 2.14 bits per heavy atom. The number of hydrogen-bond donors (Lipinski definition) is 1. The topological polar surface area (TPSA) is 54.5 Å². The third-order valence-electron chi connectivity index (χ3n) is 3.37. The summed E-state index contributed by atoms with van der Waals surface area (Å²) in [5, 5.41) is 4.48. The summed E-state index contributed by atoms with van der Waals surface area (Å²) < 4.78 is 5.25. The van der Waals surface area contributed by atoms with Gasteiger partial charge < -0.3 is 15.0 Å². The van der Waals surface area contributed by atoms with Gasteiger partial charge in [0.2, 0.25) is 5.91 Å². The first-order valence-corrected chi connectivity index (χ1v) is 8.30. The van der Waals surface area contributed by atoms with E-state index in [4.69, 9.17) is 4.74 Å². The van der Waals surface area contributed by atoms with Crippen molar-refractivity contribution < 1.29 is 9.53 Å². The Labute approximate surface area is 130 Å². The van der Waals surface area contributed by atoms with Gasteiger partial charge in [0.05, 0.1) is 18.2 Å². The van der Waals surface area contributed by atoms with E-state index in [0.29, 0.717) is 26.2 Å². The number of hydrogen-bond acceptors (Lipinski definition) is 5. The third-order valence-corrected chi connectivity index (χ3v) is 4.80. The first-order valence-electron chi connectivity index (χ1n) is 7.48. The van der Waals surface area contributed by atoms with Crippen molar-refractivity contribution in [3.8, 4) is 0 Å². The van der Waals surface area contributed by atoms with Crippen molar-refractivity contribution in [2.24, 2.45) is 0 Å². The van der Waals surface area contributed by atoms with E-state index in [-0.39, 0.29) is 11.3 Å². The molecular weight excluding hydrogens is 286 g/mol. The van der Waals surface area contributed by atoms with Gasteiger partial charge in [-0.3, -0.25) is 4.79 Å². The first kappa shape index (κ1) is 16.4. The smallest absolute Gasteiger partial charge is 0.224 e. The second kappa shape index (κ2) is 7.33. The highest BCUT2D eigenvalue weighted by molar-refractivity contribution is 7.11. The molecule has 1 amide bonds. The Hall–Kier alpha value is -0.980. The van der Waals surface area contributed by atoms with Crippen molar-refractivity contribution in [1.82, 2.24) is 15.2 Å². The number of carbonyl (C=O) groups excluding carboxylic acids is 1. The van der Waals surface area contributed by atoms with Crippen LogP contribution in [0.1, 0.15) is 37.1 Å². The highest BCUT2D eigenvalue weighted by atomic mass is 32.1. The number of morpholine rings is 1. The molecule has 2 heterocycles. The molecule has 0 atom stereocenters. The maximum absolute atomic E-state index is 12.0. The van der Waals surface area contributed by atoms with Gasteiger partial charge in [-0.05, 0) is 0 Å². The minimum absolute atomic E-state index is 0.106. The zero-order valence-corrected chi connectivity index (χ0v) is 14.0. The number of thiazole rings is 1. The molecule has 0 unspecified atom stereocenters. The molecule has 21 heavy (non-hydrogen) atoms. The summed E-state index contributed by atoms with van der Waals surface area (Å²) in [6, 6.07) is 0. The van der Waals surface area contributed by atoms with Gasteiger partial charge in [0.25, 0.3) is 0 Å². The number of ether oxygens (including phenoxy) is 1. The van der Waals surface area contributed by atoms with E-state index in [9.17, 15) is 4.79 Å². The van der Waals surface area contributed by atoms with Crippen LogP contribution in [0.3, 0.4) is 0 Å². The van der Waals surface area contributed by atoms with Crippen molar-refractivity contribution in [3.63, 3.8) is 0 Å². The molecule has 5 nitrogen and oxygen atoms in total. The van der Waals surface area contributed by atoms with Crippen LogP contribution >= 0.6 is 11.3 Å². The van der Waals surface area contributed by atoms with Crippen molar-refractivity contribution in [3.05, 3.63) is 16.1 Å². The molecule has 1 aliphatic rings. The Kier molecular flexibility index (Phi) is 5.72. The van der Waals surface area contributed by atoms with Crippen LogP contribution in [-0.4, -0.2) is 48.6 Å². The van der Waals surface area contributed by atoms with Crippen LogP contribution in [0.15, 0.2) is 6.20 Å². The quantitative estimate of drug-likeness (QED) is 0.842. The fourth-order valence-electron chi connectivity index (χ4n) is 2.11. The van der Waals surface area contributed by atoms with Crippen molar-refractivity contribution in [2.45, 2.75) is 39.2 Å². The average molecular weight is 311 g/mol. The van der Waals surface area contributed by atoms with Gasteiger partial charge in [0.15, 0.2) is 0 Å². The van der Waals surface area contributed by atoms with Gasteiger partial charge >= 0.3 is 0 Å². The van der Waals surface area contributed by atoms with Gasteiger partial charge in [-0.2, -0.15) is 0 Å². The van der Waals surface area contributed by atoms with E-state index >= 15 is 0 Å². The van der Waals surface area contributed by atoms with Crippen LogP contribution < -0.4 is 5.32 Å². The maximum Gasteiger partial charge on any atom is 0.224 e. The number of carbonyl (C=O) groups is 1. The lowest BCUT2D eigenvalue weighted by atomic mass is 9.98. The Balaban J connectivity index is 1.67. The van der Waals surface area contributed by atoms with Crippen LogP contribution in [0.2, 0.25) is 0 Å². The predicted octanol–water partition coefficient (Wildman–Crippen LogP) is 1.78. The SMILES string of the molecule is CC(C)(C)c1ncc(CNCCC(=O)N2CCOCC2)s1. The molecule has 1 N–H and O–H groups in total. The Morgan fingerprint density at radius 1 is 1.43 bits per heavy atom. The molecule has 0 saturated carbocycles. The van der Waals surface area contributed by atoms with Gasteiger partial charge in [-0.15, -0.1) is 11.3 Å². The number of aromatic nitrogens is 1. The molecule has 1 aromatic rings. The van der Waals surface area contributed by atoms with E-state index in [1.54, 1.807) is 11.3 Å². The predicted molar refractivity (Wildman–Crippen MR) is 84.5 cm³/mol. The largest absolute Gasteiger partial charge is 0.378 e. The van der Waals surface area contributed by atoms with Gasteiger partial charge in [0.1, 0.15) is 0 Å². The van der Waals surface area contributed by atoms with Crippen molar-refractivity contribution >= 4 is 17.2 Å². The molecule has 0 aliphatic carbocycles. The number of nitrogens with one attached hydrogen (secondary N) is 1. The van der Waals surface area contributed by atoms with E-state index in [2.05, 4.69) is 31.1 Å². The van der Waals surface area contributed by atoms with Crippen LogP contribution in [0, 0.1) is 0 Å². The summed E-state index contributed by atoms with van der Waals surface area (Å²) in [4.78, 5) is 19.5. The molecule has 118 valence electrons. The highest BCUT2D eigenvalue weighted by Crippen LogP contribution is 2.26. The fraction of sp³-hybridized carbons (Fsp3) is 0.733. The summed E-state index contributed by atoms with van der Waals surface area (Å²) in [7, 11) is 0. The molecule has 1 saturated heterocycles. The molecule has 1 fully saturated rings. The van der Waals surface area contributed by atoms with Gasteiger partial charge in [-0.1, -0.05) is 20.8 Å². The Bertz CT molecular complexity index is 462. The van der Waals surface area contributed by atoms with Gasteiger partial charge in [0, 0.05) is 49.1 Å². The normalized spacial score (nSPS) is 16.2. The summed E-state index contributed by atoms with van der Waals surface area (Å²) in [5.41, 5.74) is 0.106. The lowest BCUT2D eigenvalue weighted by Crippen LogP contribution is -2.41. The van der Waals surface area contributed by atoms with Crippen molar-refractivity contribution in [2.75, 3.05) is 32.8 Å². The number of rotatable bonds is 5. The summed E-state index contributed by atoms with van der Waals surface area (Å²) in [5.74, 6) is 0.213. The summed E-state index contributed by atoms with van der Waals surface area (Å²) in [6.07, 6.45) is 2.48. The third kappa shape index (κ3) is 5.05. The molecule has 0 spiro atoms. The van der Waals surface area contributed by atoms with Crippen LogP contribution in [0.5, 0.6) is 0 Å². The van der Waals surface area contributed by atoms with E-state index in [0.717, 1.165) is 24.6 Å². The molecule has 1 aliphatic heterocycles. The van der Waals surface area contributed by atoms with E-state index < -0.39 is 0 Å². The van der Waals surface area contributed by atoms with E-state index in [1.807, 2.05) is 11.1 Å². The average Bonchev–Trinajstić information content (AvgIpc) is 2.93. The molecule has 0 aromatic carbocycles. The summed E-state index contributed by atoms with van der Waals surface area (Å²) in [6.45, 7) is 10.8. The van der Waals surface area contributed by atoms with Crippen molar-refractivity contribution in [1.29, 1.82) is 0 Å². The molecule has 6 heteroatoms. The highest BCUT2D eigenvalue weighted by Gasteiger charge is 2.18. The van der Waals surface area contributed by atoms with E-state index in [1.165, 1.54) is 4.88 Å². The number of nitrogens with zero attached hydrogens (tertiary/aromatic N) is 2. The molecule has 0 radical (unpaired) electrons. The number of amides is 1. The zero-order valence-electron chi connectivity index (χ0n) is 13.1. The second-order valence-electron chi connectivity index (χ2n) is 6.30. The monoisotopic (exact) mass is 311 g/mol. The fourth-order valence-corrected chi connectivity index (χ4v) is 3.05. The summed E-state index contributed by atoms with van der Waals surface area (Å²) >= 11 is 1.74. The molecule has 2 rings (SSSR count). The standard InChI is InChI=1S/C15H25N3O2S/c1-15(2,3)14-17-11-12(21-14)10-16-5-4-13(19)18-6-8-20-9-7-18/h11,16H,4-10H2,1-3H3. The molecule has 0 bridgehead atoms.